The fourth-order valence-electron chi connectivity index (χ4n) is 1.56. The second-order valence-corrected chi connectivity index (χ2v) is 4.77. The highest BCUT2D eigenvalue weighted by molar-refractivity contribution is 4.61. The summed E-state index contributed by atoms with van der Waals surface area (Å²) in [5.41, 5.74) is 5.36. The van der Waals surface area contributed by atoms with Crippen molar-refractivity contribution in [2.24, 2.45) is 11.7 Å². The van der Waals surface area contributed by atoms with E-state index in [1.807, 2.05) is 0 Å². The molecule has 0 spiro atoms. The maximum absolute atomic E-state index is 9.61. The van der Waals surface area contributed by atoms with Crippen molar-refractivity contribution in [1.29, 1.82) is 0 Å². The number of nitrogens with one attached hydrogen (secondary N) is 1. The summed E-state index contributed by atoms with van der Waals surface area (Å²) in [5.74, 6) is 0.634. The van der Waals surface area contributed by atoms with Crippen molar-refractivity contribution in [2.75, 3.05) is 26.2 Å². The Kier molecular flexibility index (Phi) is 9.92. The first-order valence-electron chi connectivity index (χ1n) is 6.26. The Bertz CT molecular complexity index is 154. The lowest BCUT2D eigenvalue weighted by atomic mass is 10.1. The molecule has 4 N–H and O–H groups in total. The highest BCUT2D eigenvalue weighted by Gasteiger charge is 2.09. The standard InChI is InChI=1S/C12H28N2O2/c1-10(2)7-11(3)16-9-12(15)8-14-6-4-5-13/h10-12,14-15H,4-9,13H2,1-3H3. The summed E-state index contributed by atoms with van der Waals surface area (Å²) < 4.78 is 5.56. The molecule has 0 aromatic rings. The topological polar surface area (TPSA) is 67.5 Å². The Morgan fingerprint density at radius 1 is 1.31 bits per heavy atom. The van der Waals surface area contributed by atoms with E-state index in [9.17, 15) is 5.11 Å². The summed E-state index contributed by atoms with van der Waals surface area (Å²) >= 11 is 0. The number of hydrogen-bond acceptors (Lipinski definition) is 4. The van der Waals surface area contributed by atoms with E-state index in [0.717, 1.165) is 19.4 Å². The number of ether oxygens (including phenoxy) is 1. The van der Waals surface area contributed by atoms with Crippen LogP contribution in [0.4, 0.5) is 0 Å². The van der Waals surface area contributed by atoms with E-state index in [4.69, 9.17) is 10.5 Å². The second-order valence-electron chi connectivity index (χ2n) is 4.77. The molecule has 0 saturated carbocycles. The molecule has 0 bridgehead atoms. The zero-order chi connectivity index (χ0) is 12.4. The number of aliphatic hydroxyl groups excluding tert-OH is 1. The van der Waals surface area contributed by atoms with Gasteiger partial charge < -0.3 is 20.9 Å². The fourth-order valence-corrected chi connectivity index (χ4v) is 1.56. The molecule has 0 aromatic carbocycles. The summed E-state index contributed by atoms with van der Waals surface area (Å²) in [6, 6.07) is 0. The summed E-state index contributed by atoms with van der Waals surface area (Å²) in [4.78, 5) is 0. The third-order valence-corrected chi connectivity index (χ3v) is 2.31. The van der Waals surface area contributed by atoms with Crippen LogP contribution in [0.15, 0.2) is 0 Å². The average molecular weight is 232 g/mol. The molecule has 0 aliphatic rings. The Morgan fingerprint density at radius 3 is 2.56 bits per heavy atom. The van der Waals surface area contributed by atoms with Gasteiger partial charge in [-0.2, -0.15) is 0 Å². The summed E-state index contributed by atoms with van der Waals surface area (Å²) in [7, 11) is 0. The molecule has 0 rings (SSSR count). The number of hydrogen-bond donors (Lipinski definition) is 3. The van der Waals surface area contributed by atoms with Gasteiger partial charge in [0.25, 0.3) is 0 Å². The molecule has 0 heterocycles. The molecule has 0 radical (unpaired) electrons. The summed E-state index contributed by atoms with van der Waals surface area (Å²) in [6.45, 7) is 8.92. The van der Waals surface area contributed by atoms with Gasteiger partial charge in [0, 0.05) is 6.54 Å². The van der Waals surface area contributed by atoms with Crippen LogP contribution in [-0.2, 0) is 4.74 Å². The maximum atomic E-state index is 9.61. The van der Waals surface area contributed by atoms with Gasteiger partial charge in [0.2, 0.25) is 0 Å². The normalized spacial score (nSPS) is 15.4. The minimum absolute atomic E-state index is 0.221. The van der Waals surface area contributed by atoms with Gasteiger partial charge in [-0.05, 0) is 38.8 Å². The van der Waals surface area contributed by atoms with Crippen molar-refractivity contribution < 1.29 is 9.84 Å². The second kappa shape index (κ2) is 10.0. The molecule has 2 unspecified atom stereocenters. The van der Waals surface area contributed by atoms with Gasteiger partial charge in [0.1, 0.15) is 0 Å². The maximum Gasteiger partial charge on any atom is 0.0897 e. The zero-order valence-corrected chi connectivity index (χ0v) is 10.9. The van der Waals surface area contributed by atoms with Crippen LogP contribution in [0.25, 0.3) is 0 Å². The first kappa shape index (κ1) is 15.8. The van der Waals surface area contributed by atoms with E-state index >= 15 is 0 Å². The van der Waals surface area contributed by atoms with Gasteiger partial charge in [0.15, 0.2) is 0 Å². The predicted molar refractivity (Wildman–Crippen MR) is 67.4 cm³/mol. The van der Waals surface area contributed by atoms with Crippen LogP contribution >= 0.6 is 0 Å². The highest BCUT2D eigenvalue weighted by atomic mass is 16.5. The quantitative estimate of drug-likeness (QED) is 0.486. The van der Waals surface area contributed by atoms with Crippen molar-refractivity contribution in [3.05, 3.63) is 0 Å². The molecular weight excluding hydrogens is 204 g/mol. The molecule has 4 nitrogen and oxygen atoms in total. The molecule has 0 aromatic heterocycles. The van der Waals surface area contributed by atoms with Crippen molar-refractivity contribution in [3.8, 4) is 0 Å². The number of nitrogens with two attached hydrogens (primary N) is 1. The zero-order valence-electron chi connectivity index (χ0n) is 10.9. The fraction of sp³-hybridized carbons (Fsp3) is 1.00. The molecular formula is C12H28N2O2. The highest BCUT2D eigenvalue weighted by Crippen LogP contribution is 2.07. The van der Waals surface area contributed by atoms with Crippen molar-refractivity contribution in [1.82, 2.24) is 5.32 Å². The molecule has 4 heteroatoms. The Balaban J connectivity index is 3.38. The number of aliphatic hydroxyl groups is 1. The lowest BCUT2D eigenvalue weighted by molar-refractivity contribution is -0.00841. The predicted octanol–water partition coefficient (Wildman–Crippen LogP) is 0.737. The van der Waals surface area contributed by atoms with Gasteiger partial charge >= 0.3 is 0 Å². The Morgan fingerprint density at radius 2 is 2.00 bits per heavy atom. The van der Waals surface area contributed by atoms with Crippen LogP contribution in [0.5, 0.6) is 0 Å². The first-order chi connectivity index (χ1) is 7.56. The van der Waals surface area contributed by atoms with Gasteiger partial charge in [0.05, 0.1) is 18.8 Å². The Hall–Kier alpha value is -0.160. The molecule has 0 aliphatic heterocycles. The smallest absolute Gasteiger partial charge is 0.0897 e. The first-order valence-corrected chi connectivity index (χ1v) is 6.26. The number of rotatable bonds is 10. The molecule has 0 aliphatic carbocycles. The van der Waals surface area contributed by atoms with Gasteiger partial charge in [-0.1, -0.05) is 13.8 Å². The lowest BCUT2D eigenvalue weighted by Gasteiger charge is -2.18. The molecule has 0 amide bonds. The molecule has 98 valence electrons. The molecule has 16 heavy (non-hydrogen) atoms. The van der Waals surface area contributed by atoms with Crippen molar-refractivity contribution in [3.63, 3.8) is 0 Å². The lowest BCUT2D eigenvalue weighted by Crippen LogP contribution is -2.32. The van der Waals surface area contributed by atoms with Crippen LogP contribution in [-0.4, -0.2) is 43.6 Å². The summed E-state index contributed by atoms with van der Waals surface area (Å²) in [5, 5.41) is 12.8. The average Bonchev–Trinajstić information content (AvgIpc) is 2.20. The van der Waals surface area contributed by atoms with Gasteiger partial charge in [-0.15, -0.1) is 0 Å². The minimum Gasteiger partial charge on any atom is -0.389 e. The van der Waals surface area contributed by atoms with E-state index in [1.165, 1.54) is 0 Å². The van der Waals surface area contributed by atoms with Crippen LogP contribution in [0, 0.1) is 5.92 Å². The largest absolute Gasteiger partial charge is 0.389 e. The van der Waals surface area contributed by atoms with E-state index in [2.05, 4.69) is 26.1 Å². The van der Waals surface area contributed by atoms with E-state index in [1.54, 1.807) is 0 Å². The van der Waals surface area contributed by atoms with Gasteiger partial charge in [-0.25, -0.2) is 0 Å². The third kappa shape index (κ3) is 10.4. The Labute approximate surface area is 99.6 Å². The van der Waals surface area contributed by atoms with Crippen LogP contribution in [0.1, 0.15) is 33.6 Å². The SMILES string of the molecule is CC(C)CC(C)OCC(O)CNCCCN. The third-order valence-electron chi connectivity index (χ3n) is 2.31. The summed E-state index contributed by atoms with van der Waals surface area (Å²) in [6.07, 6.45) is 1.77. The van der Waals surface area contributed by atoms with Crippen molar-refractivity contribution in [2.45, 2.75) is 45.8 Å². The van der Waals surface area contributed by atoms with E-state index in [0.29, 0.717) is 25.6 Å². The molecule has 2 atom stereocenters. The molecule has 0 saturated heterocycles. The van der Waals surface area contributed by atoms with Gasteiger partial charge in [-0.3, -0.25) is 0 Å². The molecule has 0 fully saturated rings. The van der Waals surface area contributed by atoms with E-state index < -0.39 is 6.10 Å². The van der Waals surface area contributed by atoms with E-state index in [-0.39, 0.29) is 6.10 Å². The van der Waals surface area contributed by atoms with Crippen LogP contribution < -0.4 is 11.1 Å². The minimum atomic E-state index is -0.424. The monoisotopic (exact) mass is 232 g/mol. The van der Waals surface area contributed by atoms with Crippen molar-refractivity contribution >= 4 is 0 Å². The van der Waals surface area contributed by atoms with Crippen LogP contribution in [0.2, 0.25) is 0 Å². The van der Waals surface area contributed by atoms with Crippen LogP contribution in [0.3, 0.4) is 0 Å².